The average Bonchev–Trinajstić information content (AvgIpc) is 2.95. The number of aliphatic hydroxyl groups excluding tert-OH is 1. The molecule has 1 N–H and O–H groups in total. The first-order chi connectivity index (χ1) is 9.41. The van der Waals surface area contributed by atoms with Gasteiger partial charge in [0.25, 0.3) is 0 Å². The predicted molar refractivity (Wildman–Crippen MR) is 80.8 cm³/mol. The highest BCUT2D eigenvalue weighted by Crippen LogP contribution is 2.23. The van der Waals surface area contributed by atoms with Gasteiger partial charge in [-0.2, -0.15) is 0 Å². The molecule has 2 rings (SSSR count). The van der Waals surface area contributed by atoms with E-state index in [4.69, 9.17) is 0 Å². The SMILES string of the molecule is CC(C)c1nc(CN(CCO)C2CCS(=O)(=O)C2)cs1. The van der Waals surface area contributed by atoms with Crippen LogP contribution in [0.5, 0.6) is 0 Å². The van der Waals surface area contributed by atoms with Gasteiger partial charge in [-0.3, -0.25) is 4.90 Å². The molecule has 0 amide bonds. The quantitative estimate of drug-likeness (QED) is 0.855. The lowest BCUT2D eigenvalue weighted by atomic mass is 10.2. The summed E-state index contributed by atoms with van der Waals surface area (Å²) in [6, 6.07) is 0.0105. The van der Waals surface area contributed by atoms with Crippen molar-refractivity contribution in [3.63, 3.8) is 0 Å². The Balaban J connectivity index is 2.05. The molecule has 0 bridgehead atoms. The molecule has 1 atom stereocenters. The monoisotopic (exact) mass is 318 g/mol. The van der Waals surface area contributed by atoms with Gasteiger partial charge in [0, 0.05) is 30.4 Å². The minimum Gasteiger partial charge on any atom is -0.395 e. The van der Waals surface area contributed by atoms with Crippen LogP contribution in [0.3, 0.4) is 0 Å². The van der Waals surface area contributed by atoms with Crippen molar-refractivity contribution < 1.29 is 13.5 Å². The number of hydrogen-bond donors (Lipinski definition) is 1. The molecular weight excluding hydrogens is 296 g/mol. The molecule has 0 saturated carbocycles. The second-order valence-electron chi connectivity index (χ2n) is 5.58. The summed E-state index contributed by atoms with van der Waals surface area (Å²) in [5.74, 6) is 0.870. The van der Waals surface area contributed by atoms with E-state index in [-0.39, 0.29) is 24.2 Å². The van der Waals surface area contributed by atoms with Gasteiger partial charge in [0.2, 0.25) is 0 Å². The molecule has 114 valence electrons. The van der Waals surface area contributed by atoms with Crippen LogP contribution in [0.2, 0.25) is 0 Å². The summed E-state index contributed by atoms with van der Waals surface area (Å²) in [6.45, 7) is 5.37. The van der Waals surface area contributed by atoms with E-state index in [9.17, 15) is 13.5 Å². The third-order valence-electron chi connectivity index (χ3n) is 3.54. The van der Waals surface area contributed by atoms with Gasteiger partial charge in [-0.1, -0.05) is 13.8 Å². The van der Waals surface area contributed by atoms with Gasteiger partial charge >= 0.3 is 0 Å². The normalized spacial score (nSPS) is 21.9. The molecule has 1 unspecified atom stereocenters. The molecule has 2 heterocycles. The van der Waals surface area contributed by atoms with E-state index >= 15 is 0 Å². The Bertz CT molecular complexity index is 540. The largest absolute Gasteiger partial charge is 0.395 e. The summed E-state index contributed by atoms with van der Waals surface area (Å²) in [5.41, 5.74) is 0.969. The minimum absolute atomic E-state index is 0.0105. The van der Waals surface area contributed by atoms with Crippen molar-refractivity contribution in [3.05, 3.63) is 16.1 Å². The molecule has 1 saturated heterocycles. The van der Waals surface area contributed by atoms with Gasteiger partial charge in [-0.05, 0) is 6.42 Å². The van der Waals surface area contributed by atoms with Gasteiger partial charge < -0.3 is 5.11 Å². The number of aromatic nitrogens is 1. The predicted octanol–water partition coefficient (Wildman–Crippen LogP) is 1.25. The maximum atomic E-state index is 11.6. The van der Waals surface area contributed by atoms with Crippen molar-refractivity contribution in [2.75, 3.05) is 24.7 Å². The van der Waals surface area contributed by atoms with E-state index in [0.717, 1.165) is 10.7 Å². The minimum atomic E-state index is -2.90. The maximum absolute atomic E-state index is 11.6. The molecule has 0 radical (unpaired) electrons. The highest BCUT2D eigenvalue weighted by molar-refractivity contribution is 7.91. The Morgan fingerprint density at radius 2 is 2.30 bits per heavy atom. The number of thiazole rings is 1. The zero-order chi connectivity index (χ0) is 14.8. The van der Waals surface area contributed by atoms with Gasteiger partial charge in [-0.15, -0.1) is 11.3 Å². The Kier molecular flexibility index (Phi) is 5.17. The number of hydrogen-bond acceptors (Lipinski definition) is 6. The Hall–Kier alpha value is -0.500. The lowest BCUT2D eigenvalue weighted by molar-refractivity contribution is 0.152. The third-order valence-corrected chi connectivity index (χ3v) is 6.48. The first kappa shape index (κ1) is 15.9. The fourth-order valence-corrected chi connectivity index (χ4v) is 5.04. The van der Waals surface area contributed by atoms with Crippen molar-refractivity contribution in [2.24, 2.45) is 0 Å². The van der Waals surface area contributed by atoms with E-state index in [1.165, 1.54) is 0 Å². The average molecular weight is 318 g/mol. The number of sulfone groups is 1. The molecule has 20 heavy (non-hydrogen) atoms. The van der Waals surface area contributed by atoms with E-state index in [0.29, 0.717) is 25.4 Å². The van der Waals surface area contributed by atoms with Crippen LogP contribution in [0.15, 0.2) is 5.38 Å². The summed E-state index contributed by atoms with van der Waals surface area (Å²) in [7, 11) is -2.90. The fraction of sp³-hybridized carbons (Fsp3) is 0.769. The highest BCUT2D eigenvalue weighted by atomic mass is 32.2. The van der Waals surface area contributed by atoms with Gasteiger partial charge in [-0.25, -0.2) is 13.4 Å². The zero-order valence-corrected chi connectivity index (χ0v) is 13.6. The van der Waals surface area contributed by atoms with Crippen LogP contribution in [0.1, 0.15) is 36.9 Å². The first-order valence-electron chi connectivity index (χ1n) is 6.91. The lowest BCUT2D eigenvalue weighted by Crippen LogP contribution is -2.37. The molecule has 1 fully saturated rings. The van der Waals surface area contributed by atoms with E-state index < -0.39 is 9.84 Å². The van der Waals surface area contributed by atoms with Crippen LogP contribution in [0, 0.1) is 0 Å². The highest BCUT2D eigenvalue weighted by Gasteiger charge is 2.32. The fourth-order valence-electron chi connectivity index (χ4n) is 2.45. The summed E-state index contributed by atoms with van der Waals surface area (Å²) >= 11 is 1.64. The molecule has 7 heteroatoms. The van der Waals surface area contributed by atoms with Gasteiger partial charge in [0.05, 0.1) is 28.8 Å². The lowest BCUT2D eigenvalue weighted by Gasteiger charge is -2.26. The second kappa shape index (κ2) is 6.51. The summed E-state index contributed by atoms with van der Waals surface area (Å²) in [4.78, 5) is 6.63. The van der Waals surface area contributed by atoms with Crippen LogP contribution in [-0.4, -0.2) is 54.1 Å². The molecular formula is C13H22N2O3S2. The molecule has 1 aromatic heterocycles. The topological polar surface area (TPSA) is 70.5 Å². The van der Waals surface area contributed by atoms with E-state index in [1.807, 2.05) is 10.3 Å². The van der Waals surface area contributed by atoms with Crippen LogP contribution >= 0.6 is 11.3 Å². The summed E-state index contributed by atoms with van der Waals surface area (Å²) < 4.78 is 23.2. The molecule has 0 spiro atoms. The molecule has 0 aliphatic carbocycles. The molecule has 0 aromatic carbocycles. The molecule has 1 aliphatic heterocycles. The van der Waals surface area contributed by atoms with Gasteiger partial charge in [0.15, 0.2) is 9.84 Å². The number of rotatable bonds is 6. The van der Waals surface area contributed by atoms with Crippen LogP contribution in [0.4, 0.5) is 0 Å². The van der Waals surface area contributed by atoms with Crippen molar-refractivity contribution in [1.82, 2.24) is 9.88 Å². The standard InChI is InChI=1S/C13H22N2O3S2/c1-10(2)13-14-11(8-19-13)7-15(4-5-16)12-3-6-20(17,18)9-12/h8,10,12,16H,3-7,9H2,1-2H3. The first-order valence-corrected chi connectivity index (χ1v) is 9.61. The maximum Gasteiger partial charge on any atom is 0.151 e. The Morgan fingerprint density at radius 3 is 2.80 bits per heavy atom. The van der Waals surface area contributed by atoms with Crippen LogP contribution in [0.25, 0.3) is 0 Å². The number of aliphatic hydroxyl groups is 1. The zero-order valence-electron chi connectivity index (χ0n) is 11.9. The molecule has 5 nitrogen and oxygen atoms in total. The Morgan fingerprint density at radius 1 is 1.55 bits per heavy atom. The molecule has 1 aliphatic rings. The second-order valence-corrected chi connectivity index (χ2v) is 8.70. The van der Waals surface area contributed by atoms with Crippen molar-refractivity contribution in [2.45, 2.75) is 38.8 Å². The van der Waals surface area contributed by atoms with Crippen LogP contribution in [-0.2, 0) is 16.4 Å². The van der Waals surface area contributed by atoms with Crippen LogP contribution < -0.4 is 0 Å². The molecule has 1 aromatic rings. The van der Waals surface area contributed by atoms with E-state index in [1.54, 1.807) is 11.3 Å². The summed E-state index contributed by atoms with van der Waals surface area (Å²) in [5, 5.41) is 12.3. The van der Waals surface area contributed by atoms with E-state index in [2.05, 4.69) is 18.8 Å². The smallest absolute Gasteiger partial charge is 0.151 e. The third kappa shape index (κ3) is 4.00. The van der Waals surface area contributed by atoms with Crippen molar-refractivity contribution >= 4 is 21.2 Å². The summed E-state index contributed by atoms with van der Waals surface area (Å²) in [6.07, 6.45) is 0.656. The Labute approximate surface area is 124 Å². The van der Waals surface area contributed by atoms with Crippen molar-refractivity contribution in [1.29, 1.82) is 0 Å². The van der Waals surface area contributed by atoms with Crippen molar-refractivity contribution in [3.8, 4) is 0 Å². The van der Waals surface area contributed by atoms with Gasteiger partial charge in [0.1, 0.15) is 0 Å². The number of nitrogens with zero attached hydrogens (tertiary/aromatic N) is 2.